The van der Waals surface area contributed by atoms with Crippen LogP contribution in [-0.4, -0.2) is 40.4 Å². The largest absolute Gasteiger partial charge is 0.416 e. The Morgan fingerprint density at radius 3 is 2.61 bits per heavy atom. The third-order valence-corrected chi connectivity index (χ3v) is 8.44. The van der Waals surface area contributed by atoms with Gasteiger partial charge < -0.3 is 15.2 Å². The highest BCUT2D eigenvalue weighted by atomic mass is 31.2. The molecule has 1 fully saturated rings. The Bertz CT molecular complexity index is 1160. The Labute approximate surface area is 178 Å². The maximum atomic E-state index is 13.4. The maximum absolute atomic E-state index is 13.4. The average molecular weight is 449 g/mol. The maximum Gasteiger partial charge on any atom is 0.416 e. The Kier molecular flexibility index (Phi) is 5.75. The van der Waals surface area contributed by atoms with Gasteiger partial charge in [0.25, 0.3) is 0 Å². The van der Waals surface area contributed by atoms with Crippen molar-refractivity contribution in [3.05, 3.63) is 53.5 Å². The van der Waals surface area contributed by atoms with Crippen LogP contribution in [0.5, 0.6) is 0 Å². The fourth-order valence-electron chi connectivity index (χ4n) is 3.73. The SMILES string of the molecule is Cc1nc(N[C@H](C)c2cccc(C(F)(F)F)c2)c2cc(P3(=O)CCNCC3)ncc2n1. The molecular formula is C21H23F3N5OP. The van der Waals surface area contributed by atoms with Crippen molar-refractivity contribution in [2.24, 2.45) is 0 Å². The van der Waals surface area contributed by atoms with Crippen molar-refractivity contribution in [2.75, 3.05) is 30.7 Å². The van der Waals surface area contributed by atoms with Crippen LogP contribution in [-0.2, 0) is 10.7 Å². The molecule has 0 radical (unpaired) electrons. The minimum atomic E-state index is -4.41. The molecule has 1 aliphatic rings. The molecule has 0 saturated carbocycles. The lowest BCUT2D eigenvalue weighted by molar-refractivity contribution is -0.137. The fourth-order valence-corrected chi connectivity index (χ4v) is 6.08. The van der Waals surface area contributed by atoms with Crippen LogP contribution in [0.25, 0.3) is 10.9 Å². The fraction of sp³-hybridized carbons (Fsp3) is 0.381. The third kappa shape index (κ3) is 4.57. The Balaban J connectivity index is 1.71. The summed E-state index contributed by atoms with van der Waals surface area (Å²) in [6, 6.07) is 6.55. The highest BCUT2D eigenvalue weighted by Gasteiger charge is 2.31. The molecule has 4 rings (SSSR count). The molecule has 164 valence electrons. The zero-order valence-electron chi connectivity index (χ0n) is 17.2. The molecule has 2 aromatic heterocycles. The second kappa shape index (κ2) is 8.20. The number of pyridine rings is 1. The van der Waals surface area contributed by atoms with Crippen molar-refractivity contribution in [1.29, 1.82) is 0 Å². The van der Waals surface area contributed by atoms with Crippen molar-refractivity contribution in [1.82, 2.24) is 20.3 Å². The number of nitrogens with zero attached hydrogens (tertiary/aromatic N) is 3. The first-order chi connectivity index (χ1) is 14.7. The lowest BCUT2D eigenvalue weighted by Crippen LogP contribution is -2.33. The van der Waals surface area contributed by atoms with E-state index in [0.717, 1.165) is 12.1 Å². The van der Waals surface area contributed by atoms with Gasteiger partial charge in [0.15, 0.2) is 0 Å². The summed E-state index contributed by atoms with van der Waals surface area (Å²) in [5, 5.41) is 7.08. The molecule has 0 aliphatic carbocycles. The van der Waals surface area contributed by atoms with Crippen molar-refractivity contribution in [3.63, 3.8) is 0 Å². The molecule has 1 atom stereocenters. The average Bonchev–Trinajstić information content (AvgIpc) is 2.73. The monoisotopic (exact) mass is 449 g/mol. The first-order valence-corrected chi connectivity index (χ1v) is 12.1. The summed E-state index contributed by atoms with van der Waals surface area (Å²) in [6.45, 7) is 4.87. The van der Waals surface area contributed by atoms with Gasteiger partial charge in [-0.3, -0.25) is 4.98 Å². The molecule has 3 heterocycles. The Morgan fingerprint density at radius 1 is 1.16 bits per heavy atom. The van der Waals surface area contributed by atoms with E-state index in [0.29, 0.717) is 59.0 Å². The molecule has 2 N–H and O–H groups in total. The van der Waals surface area contributed by atoms with Gasteiger partial charge in [-0.25, -0.2) is 9.97 Å². The van der Waals surface area contributed by atoms with E-state index in [4.69, 9.17) is 0 Å². The molecule has 0 amide bonds. The Morgan fingerprint density at radius 2 is 1.90 bits per heavy atom. The van der Waals surface area contributed by atoms with Gasteiger partial charge in [0.1, 0.15) is 24.2 Å². The van der Waals surface area contributed by atoms with E-state index in [1.165, 1.54) is 6.07 Å². The molecule has 6 nitrogen and oxygen atoms in total. The second-order valence-corrected chi connectivity index (χ2v) is 10.9. The number of anilines is 1. The number of nitrogens with one attached hydrogen (secondary N) is 2. The van der Waals surface area contributed by atoms with Crippen LogP contribution in [0.4, 0.5) is 19.0 Å². The lowest BCUT2D eigenvalue weighted by atomic mass is 10.0. The summed E-state index contributed by atoms with van der Waals surface area (Å²) in [4.78, 5) is 13.3. The van der Waals surface area contributed by atoms with Crippen molar-refractivity contribution >= 4 is 29.3 Å². The number of fused-ring (bicyclic) bond motifs is 1. The van der Waals surface area contributed by atoms with E-state index in [-0.39, 0.29) is 0 Å². The molecule has 31 heavy (non-hydrogen) atoms. The van der Waals surface area contributed by atoms with Crippen molar-refractivity contribution < 1.29 is 17.7 Å². The molecule has 1 aliphatic heterocycles. The van der Waals surface area contributed by atoms with Crippen LogP contribution in [0.1, 0.15) is 29.9 Å². The van der Waals surface area contributed by atoms with Gasteiger partial charge in [-0.2, -0.15) is 13.2 Å². The summed E-state index contributed by atoms with van der Waals surface area (Å²) in [5.74, 6) is 0.993. The van der Waals surface area contributed by atoms with Gasteiger partial charge in [-0.15, -0.1) is 0 Å². The highest BCUT2D eigenvalue weighted by Crippen LogP contribution is 2.44. The number of alkyl halides is 3. The van der Waals surface area contributed by atoms with Crippen LogP contribution < -0.4 is 16.1 Å². The van der Waals surface area contributed by atoms with Crippen LogP contribution >= 0.6 is 7.14 Å². The van der Waals surface area contributed by atoms with Gasteiger partial charge >= 0.3 is 6.18 Å². The number of aromatic nitrogens is 3. The minimum absolute atomic E-state index is 0.439. The van der Waals surface area contributed by atoms with Crippen LogP contribution in [0, 0.1) is 6.92 Å². The predicted octanol–water partition coefficient (Wildman–Crippen LogP) is 4.12. The van der Waals surface area contributed by atoms with Crippen molar-refractivity contribution in [3.8, 4) is 0 Å². The molecule has 0 bridgehead atoms. The van der Waals surface area contributed by atoms with E-state index in [2.05, 4.69) is 25.6 Å². The van der Waals surface area contributed by atoms with Crippen LogP contribution in [0.3, 0.4) is 0 Å². The van der Waals surface area contributed by atoms with Gasteiger partial charge in [-0.05, 0) is 37.6 Å². The van der Waals surface area contributed by atoms with E-state index in [1.54, 1.807) is 32.2 Å². The van der Waals surface area contributed by atoms with Crippen molar-refractivity contribution in [2.45, 2.75) is 26.1 Å². The number of hydrogen-bond donors (Lipinski definition) is 2. The van der Waals surface area contributed by atoms with Gasteiger partial charge in [-0.1, -0.05) is 12.1 Å². The molecular weight excluding hydrogens is 426 g/mol. The van der Waals surface area contributed by atoms with E-state index < -0.39 is 24.9 Å². The Hall–Kier alpha value is -2.51. The third-order valence-electron chi connectivity index (χ3n) is 5.46. The number of halogens is 3. The van der Waals surface area contributed by atoms with E-state index in [9.17, 15) is 17.7 Å². The second-order valence-electron chi connectivity index (χ2n) is 7.75. The predicted molar refractivity (Wildman–Crippen MR) is 115 cm³/mol. The molecule has 0 unspecified atom stereocenters. The van der Waals surface area contributed by atoms with Gasteiger partial charge in [0, 0.05) is 36.8 Å². The molecule has 10 heteroatoms. The quantitative estimate of drug-likeness (QED) is 0.584. The van der Waals surface area contributed by atoms with Crippen LogP contribution in [0.15, 0.2) is 36.5 Å². The summed E-state index contributed by atoms with van der Waals surface area (Å²) < 4.78 is 52.7. The molecule has 1 saturated heterocycles. The number of hydrogen-bond acceptors (Lipinski definition) is 6. The standard InChI is InChI=1S/C21H23F3N5OP/c1-13(15-4-3-5-16(10-15)21(22,23)24)27-20-17-11-19(31(30)8-6-25-7-9-31)26-12-18(17)28-14(2)29-20/h3-5,10-13,25H,6-9H2,1-2H3,(H,27,28,29)/t13-/m1/s1. The van der Waals surface area contributed by atoms with Crippen LogP contribution in [0.2, 0.25) is 0 Å². The normalized spacial score (nSPS) is 17.5. The first-order valence-electron chi connectivity index (χ1n) is 10.0. The minimum Gasteiger partial charge on any atom is -0.363 e. The van der Waals surface area contributed by atoms with E-state index in [1.807, 2.05) is 0 Å². The zero-order chi connectivity index (χ0) is 22.2. The number of rotatable bonds is 4. The molecule has 0 spiro atoms. The topological polar surface area (TPSA) is 79.8 Å². The summed E-state index contributed by atoms with van der Waals surface area (Å²) >= 11 is 0. The molecule has 3 aromatic rings. The van der Waals surface area contributed by atoms with E-state index >= 15 is 0 Å². The molecule has 1 aromatic carbocycles. The number of benzene rings is 1. The summed E-state index contributed by atoms with van der Waals surface area (Å²) in [6.07, 6.45) is -1.72. The first kappa shape index (κ1) is 21.7. The number of aryl methyl sites for hydroxylation is 1. The van der Waals surface area contributed by atoms with Gasteiger partial charge in [0.05, 0.1) is 17.3 Å². The zero-order valence-corrected chi connectivity index (χ0v) is 18.1. The smallest absolute Gasteiger partial charge is 0.363 e. The van der Waals surface area contributed by atoms with Gasteiger partial charge in [0.2, 0.25) is 0 Å². The lowest BCUT2D eigenvalue weighted by Gasteiger charge is -2.23. The highest BCUT2D eigenvalue weighted by molar-refractivity contribution is 7.71. The summed E-state index contributed by atoms with van der Waals surface area (Å²) in [5.41, 5.74) is 0.929. The summed E-state index contributed by atoms with van der Waals surface area (Å²) in [7, 11) is -2.60.